The van der Waals surface area contributed by atoms with Crippen molar-refractivity contribution in [2.45, 2.75) is 37.3 Å². The fourth-order valence-corrected chi connectivity index (χ4v) is 3.56. The third-order valence-corrected chi connectivity index (χ3v) is 5.39. The first-order chi connectivity index (χ1) is 9.45. The average Bonchev–Trinajstić information content (AvgIpc) is 3.22. The van der Waals surface area contributed by atoms with E-state index in [4.69, 9.17) is 0 Å². The molecule has 112 valence electrons. The highest BCUT2D eigenvalue weighted by Gasteiger charge is 2.26. The van der Waals surface area contributed by atoms with Crippen LogP contribution in [-0.2, 0) is 16.6 Å². The molecule has 2 N–H and O–H groups in total. The zero-order valence-corrected chi connectivity index (χ0v) is 12.8. The van der Waals surface area contributed by atoms with Crippen molar-refractivity contribution in [3.8, 4) is 0 Å². The largest absolute Gasteiger partial charge is 0.392 e. The average molecular weight is 298 g/mol. The van der Waals surface area contributed by atoms with E-state index in [2.05, 4.69) is 9.62 Å². The van der Waals surface area contributed by atoms with E-state index in [1.165, 1.54) is 12.8 Å². The van der Waals surface area contributed by atoms with Crippen LogP contribution in [0.4, 0.5) is 0 Å². The summed E-state index contributed by atoms with van der Waals surface area (Å²) in [5, 5.41) is 9.20. The predicted octanol–water partition coefficient (Wildman–Crippen LogP) is 0.860. The molecular formula is C14H22N2O3S. The summed E-state index contributed by atoms with van der Waals surface area (Å²) in [5.41, 5.74) is 1.25. The summed E-state index contributed by atoms with van der Waals surface area (Å²) in [7, 11) is -1.49. The number of benzene rings is 1. The lowest BCUT2D eigenvalue weighted by Gasteiger charge is -2.16. The van der Waals surface area contributed by atoms with E-state index < -0.39 is 10.0 Å². The van der Waals surface area contributed by atoms with Crippen molar-refractivity contribution in [1.82, 2.24) is 9.62 Å². The van der Waals surface area contributed by atoms with Crippen molar-refractivity contribution in [3.63, 3.8) is 0 Å². The number of hydrogen-bond acceptors (Lipinski definition) is 4. The lowest BCUT2D eigenvalue weighted by Crippen LogP contribution is -2.34. The molecule has 1 aromatic carbocycles. The Morgan fingerprint density at radius 3 is 2.70 bits per heavy atom. The van der Waals surface area contributed by atoms with E-state index in [1.54, 1.807) is 25.1 Å². The van der Waals surface area contributed by atoms with Gasteiger partial charge in [-0.3, -0.25) is 0 Å². The molecule has 2 rings (SSSR count). The second-order valence-electron chi connectivity index (χ2n) is 5.31. The molecule has 5 nitrogen and oxygen atoms in total. The van der Waals surface area contributed by atoms with Gasteiger partial charge >= 0.3 is 0 Å². The van der Waals surface area contributed by atoms with E-state index in [9.17, 15) is 13.5 Å². The summed E-state index contributed by atoms with van der Waals surface area (Å²) in [6.07, 6.45) is 2.42. The van der Waals surface area contributed by atoms with Crippen molar-refractivity contribution in [2.24, 2.45) is 0 Å². The fraction of sp³-hybridized carbons (Fsp3) is 0.571. The third-order valence-electron chi connectivity index (χ3n) is 3.78. The van der Waals surface area contributed by atoms with Crippen molar-refractivity contribution < 1.29 is 13.5 Å². The monoisotopic (exact) mass is 298 g/mol. The highest BCUT2D eigenvalue weighted by atomic mass is 32.2. The van der Waals surface area contributed by atoms with Gasteiger partial charge in [0.1, 0.15) is 0 Å². The summed E-state index contributed by atoms with van der Waals surface area (Å²) in [4.78, 5) is 2.43. The van der Waals surface area contributed by atoms with Crippen LogP contribution in [-0.4, -0.2) is 44.6 Å². The molecule has 0 radical (unpaired) electrons. The zero-order chi connectivity index (χ0) is 14.8. The van der Waals surface area contributed by atoms with Gasteiger partial charge in [-0.1, -0.05) is 12.1 Å². The Morgan fingerprint density at radius 2 is 2.10 bits per heavy atom. The number of nitrogens with zero attached hydrogens (tertiary/aromatic N) is 1. The maximum absolute atomic E-state index is 12.3. The van der Waals surface area contributed by atoms with Crippen LogP contribution in [0, 0.1) is 6.92 Å². The van der Waals surface area contributed by atoms with Crippen LogP contribution in [0.2, 0.25) is 0 Å². The molecule has 0 aliphatic heterocycles. The molecule has 1 aromatic rings. The van der Waals surface area contributed by atoms with Crippen LogP contribution in [0.25, 0.3) is 0 Å². The Labute approximate surface area is 120 Å². The van der Waals surface area contributed by atoms with Gasteiger partial charge in [0.15, 0.2) is 0 Å². The summed E-state index contributed by atoms with van der Waals surface area (Å²) in [5.74, 6) is 0. The van der Waals surface area contributed by atoms with Crippen LogP contribution in [0.1, 0.15) is 24.0 Å². The van der Waals surface area contributed by atoms with Gasteiger partial charge < -0.3 is 10.0 Å². The number of sulfonamides is 1. The number of nitrogens with one attached hydrogen (secondary N) is 1. The highest BCUT2D eigenvalue weighted by molar-refractivity contribution is 7.89. The molecule has 1 aliphatic carbocycles. The Balaban J connectivity index is 2.02. The third kappa shape index (κ3) is 3.58. The summed E-state index contributed by atoms with van der Waals surface area (Å²) >= 11 is 0. The van der Waals surface area contributed by atoms with Gasteiger partial charge in [-0.15, -0.1) is 0 Å². The smallest absolute Gasteiger partial charge is 0.240 e. The summed E-state index contributed by atoms with van der Waals surface area (Å²) in [6.45, 7) is 2.68. The molecule has 1 fully saturated rings. The molecule has 0 bridgehead atoms. The lowest BCUT2D eigenvalue weighted by molar-refractivity contribution is 0.280. The zero-order valence-electron chi connectivity index (χ0n) is 12.0. The van der Waals surface area contributed by atoms with Gasteiger partial charge in [0.05, 0.1) is 11.5 Å². The number of aliphatic hydroxyl groups is 1. The van der Waals surface area contributed by atoms with Crippen molar-refractivity contribution in [2.75, 3.05) is 20.1 Å². The Bertz CT molecular complexity index is 568. The molecule has 0 saturated heterocycles. The molecule has 0 heterocycles. The highest BCUT2D eigenvalue weighted by Crippen LogP contribution is 2.24. The van der Waals surface area contributed by atoms with Gasteiger partial charge in [-0.05, 0) is 44.0 Å². The Morgan fingerprint density at radius 1 is 1.40 bits per heavy atom. The maximum Gasteiger partial charge on any atom is 0.240 e. The molecule has 0 amide bonds. The van der Waals surface area contributed by atoms with Crippen molar-refractivity contribution >= 4 is 10.0 Å². The fourth-order valence-electron chi connectivity index (χ4n) is 2.25. The normalized spacial score (nSPS) is 15.8. The minimum absolute atomic E-state index is 0.153. The first kappa shape index (κ1) is 15.4. The minimum atomic E-state index is -3.51. The van der Waals surface area contributed by atoms with Gasteiger partial charge in [-0.25, -0.2) is 13.1 Å². The second kappa shape index (κ2) is 6.22. The lowest BCUT2D eigenvalue weighted by atomic mass is 10.1. The molecule has 0 aromatic heterocycles. The maximum atomic E-state index is 12.3. The Kier molecular flexibility index (Phi) is 4.80. The van der Waals surface area contributed by atoms with E-state index in [-0.39, 0.29) is 11.5 Å². The molecule has 1 aliphatic rings. The van der Waals surface area contributed by atoms with Crippen LogP contribution in [0.3, 0.4) is 0 Å². The second-order valence-corrected chi connectivity index (χ2v) is 7.04. The van der Waals surface area contributed by atoms with E-state index in [1.807, 2.05) is 7.05 Å². The number of hydrogen-bond donors (Lipinski definition) is 2. The van der Waals surface area contributed by atoms with Crippen LogP contribution in [0.15, 0.2) is 23.1 Å². The molecule has 6 heteroatoms. The summed E-state index contributed by atoms with van der Waals surface area (Å²) < 4.78 is 27.2. The first-order valence-corrected chi connectivity index (χ1v) is 8.33. The first-order valence-electron chi connectivity index (χ1n) is 6.85. The predicted molar refractivity (Wildman–Crippen MR) is 77.9 cm³/mol. The number of rotatable bonds is 7. The van der Waals surface area contributed by atoms with Crippen molar-refractivity contribution in [3.05, 3.63) is 29.3 Å². The molecule has 0 unspecified atom stereocenters. The number of aliphatic hydroxyl groups excluding tert-OH is 1. The van der Waals surface area contributed by atoms with Crippen LogP contribution in [0.5, 0.6) is 0 Å². The van der Waals surface area contributed by atoms with Crippen LogP contribution >= 0.6 is 0 Å². The molecule has 1 saturated carbocycles. The van der Waals surface area contributed by atoms with E-state index >= 15 is 0 Å². The van der Waals surface area contributed by atoms with Gasteiger partial charge in [0, 0.05) is 19.1 Å². The molecule has 0 atom stereocenters. The molecule has 0 spiro atoms. The van der Waals surface area contributed by atoms with Crippen molar-refractivity contribution in [1.29, 1.82) is 0 Å². The van der Waals surface area contributed by atoms with Gasteiger partial charge in [-0.2, -0.15) is 0 Å². The van der Waals surface area contributed by atoms with Crippen LogP contribution < -0.4 is 4.72 Å². The summed E-state index contributed by atoms with van der Waals surface area (Å²) in [6, 6.07) is 5.58. The van der Waals surface area contributed by atoms with E-state index in [0.717, 1.165) is 0 Å². The molecule has 20 heavy (non-hydrogen) atoms. The number of likely N-dealkylation sites (N-methyl/N-ethyl adjacent to an activating group) is 1. The van der Waals surface area contributed by atoms with E-state index in [0.29, 0.717) is 30.3 Å². The standard InChI is InChI=1S/C14H22N2O3S/c1-11-12(10-17)4-3-5-14(11)20(18,19)15-8-9-16(2)13-6-7-13/h3-5,13,15,17H,6-10H2,1-2H3. The Hall–Kier alpha value is -0.950. The minimum Gasteiger partial charge on any atom is -0.392 e. The van der Waals surface area contributed by atoms with Gasteiger partial charge in [0.25, 0.3) is 0 Å². The SMILES string of the molecule is Cc1c(CO)cccc1S(=O)(=O)NCCN(C)C1CC1. The topological polar surface area (TPSA) is 69.6 Å². The van der Waals surface area contributed by atoms with Gasteiger partial charge in [0.2, 0.25) is 10.0 Å². The molecular weight excluding hydrogens is 276 g/mol. The quantitative estimate of drug-likeness (QED) is 0.783.